The van der Waals surface area contributed by atoms with Crippen molar-refractivity contribution in [2.24, 2.45) is 0 Å². The number of nitrogens with zero attached hydrogens (tertiary/aromatic N) is 2. The maximum absolute atomic E-state index is 12.7. The molecule has 0 saturated carbocycles. The Morgan fingerprint density at radius 1 is 1.04 bits per heavy atom. The molecule has 0 bridgehead atoms. The van der Waals surface area contributed by atoms with Gasteiger partial charge in [0.25, 0.3) is 5.91 Å². The summed E-state index contributed by atoms with van der Waals surface area (Å²) in [6.45, 7) is 4.04. The van der Waals surface area contributed by atoms with E-state index < -0.39 is 0 Å². The van der Waals surface area contributed by atoms with E-state index in [-0.39, 0.29) is 17.7 Å². The Morgan fingerprint density at radius 2 is 1.80 bits per heavy atom. The van der Waals surface area contributed by atoms with E-state index in [1.807, 2.05) is 38.1 Å². The van der Waals surface area contributed by atoms with Gasteiger partial charge in [0, 0.05) is 18.6 Å². The molecule has 0 radical (unpaired) electrons. The van der Waals surface area contributed by atoms with Crippen LogP contribution in [0.3, 0.4) is 0 Å². The van der Waals surface area contributed by atoms with Crippen LogP contribution in [-0.2, 0) is 0 Å². The third-order valence-corrected chi connectivity index (χ3v) is 4.05. The van der Waals surface area contributed by atoms with Crippen LogP contribution in [0.1, 0.15) is 38.7 Å². The highest BCUT2D eigenvalue weighted by Gasteiger charge is 2.20. The highest BCUT2D eigenvalue weighted by atomic mass is 16.3. The third kappa shape index (κ3) is 3.83. The number of carbonyl (C=O) groups is 1. The van der Waals surface area contributed by atoms with Crippen LogP contribution in [0.2, 0.25) is 0 Å². The van der Waals surface area contributed by atoms with E-state index in [0.29, 0.717) is 5.56 Å². The maximum atomic E-state index is 12.7. The number of pyridine rings is 2. The standard InChI is InChI=1S/C20H19N3O2/c1-13-3-4-14(2)18(9-13)19(15-5-7-21-8-6-15)23-20(25)16-10-17(24)12-22-11-16/h3-12,19,24H,1-2H3,(H,23,25). The molecule has 5 heteroatoms. The lowest BCUT2D eigenvalue weighted by Crippen LogP contribution is -2.30. The van der Waals surface area contributed by atoms with E-state index in [2.05, 4.69) is 21.4 Å². The minimum absolute atomic E-state index is 0.0418. The van der Waals surface area contributed by atoms with Crippen LogP contribution in [0.15, 0.2) is 61.2 Å². The number of carbonyl (C=O) groups excluding carboxylic acids is 1. The lowest BCUT2D eigenvalue weighted by atomic mass is 9.94. The lowest BCUT2D eigenvalue weighted by molar-refractivity contribution is 0.0942. The van der Waals surface area contributed by atoms with Crippen LogP contribution < -0.4 is 5.32 Å². The molecule has 25 heavy (non-hydrogen) atoms. The zero-order valence-electron chi connectivity index (χ0n) is 14.1. The predicted molar refractivity (Wildman–Crippen MR) is 95.4 cm³/mol. The van der Waals surface area contributed by atoms with Gasteiger partial charge in [0.05, 0.1) is 17.8 Å². The highest BCUT2D eigenvalue weighted by Crippen LogP contribution is 2.26. The number of hydrogen-bond acceptors (Lipinski definition) is 4. The Morgan fingerprint density at radius 3 is 2.52 bits per heavy atom. The van der Waals surface area contributed by atoms with Gasteiger partial charge in [-0.05, 0) is 48.7 Å². The number of hydrogen-bond donors (Lipinski definition) is 2. The normalized spacial score (nSPS) is 11.8. The fourth-order valence-corrected chi connectivity index (χ4v) is 2.73. The second kappa shape index (κ2) is 7.13. The van der Waals surface area contributed by atoms with Gasteiger partial charge in [-0.15, -0.1) is 0 Å². The van der Waals surface area contributed by atoms with Crippen LogP contribution in [-0.4, -0.2) is 21.0 Å². The van der Waals surface area contributed by atoms with E-state index >= 15 is 0 Å². The molecule has 1 unspecified atom stereocenters. The number of aromatic hydroxyl groups is 1. The minimum atomic E-state index is -0.322. The summed E-state index contributed by atoms with van der Waals surface area (Å²) in [6.07, 6.45) is 6.13. The zero-order valence-corrected chi connectivity index (χ0v) is 14.1. The van der Waals surface area contributed by atoms with E-state index in [1.54, 1.807) is 12.4 Å². The van der Waals surface area contributed by atoms with Crippen LogP contribution in [0.25, 0.3) is 0 Å². The molecule has 126 valence electrons. The zero-order chi connectivity index (χ0) is 17.8. The molecule has 0 aliphatic rings. The molecule has 1 amide bonds. The van der Waals surface area contributed by atoms with Gasteiger partial charge in [-0.3, -0.25) is 14.8 Å². The summed E-state index contributed by atoms with van der Waals surface area (Å²) < 4.78 is 0. The summed E-state index contributed by atoms with van der Waals surface area (Å²) in [5.41, 5.74) is 4.47. The van der Waals surface area contributed by atoms with E-state index in [9.17, 15) is 9.90 Å². The van der Waals surface area contributed by atoms with Gasteiger partial charge < -0.3 is 10.4 Å². The van der Waals surface area contributed by atoms with E-state index in [0.717, 1.165) is 22.3 Å². The minimum Gasteiger partial charge on any atom is -0.506 e. The van der Waals surface area contributed by atoms with Crippen molar-refractivity contribution < 1.29 is 9.90 Å². The predicted octanol–water partition coefficient (Wildman–Crippen LogP) is 3.32. The first kappa shape index (κ1) is 16.6. The first-order valence-electron chi connectivity index (χ1n) is 7.96. The van der Waals surface area contributed by atoms with Crippen molar-refractivity contribution in [2.75, 3.05) is 0 Å². The summed E-state index contributed by atoms with van der Waals surface area (Å²) in [5, 5.41) is 12.6. The molecule has 1 atom stereocenters. The summed E-state index contributed by atoms with van der Waals surface area (Å²) in [7, 11) is 0. The van der Waals surface area contributed by atoms with Crippen molar-refractivity contribution >= 4 is 5.91 Å². The molecular formula is C20H19N3O2. The second-order valence-corrected chi connectivity index (χ2v) is 5.98. The number of rotatable bonds is 4. The van der Waals surface area contributed by atoms with Gasteiger partial charge in [-0.2, -0.15) is 0 Å². The second-order valence-electron chi connectivity index (χ2n) is 5.98. The number of aromatic nitrogens is 2. The molecule has 3 aromatic rings. The van der Waals surface area contributed by atoms with Gasteiger partial charge in [-0.25, -0.2) is 0 Å². The Balaban J connectivity index is 2.00. The Kier molecular flexibility index (Phi) is 4.75. The molecule has 0 spiro atoms. The fourth-order valence-electron chi connectivity index (χ4n) is 2.73. The van der Waals surface area contributed by atoms with Crippen molar-refractivity contribution in [3.63, 3.8) is 0 Å². The number of nitrogens with one attached hydrogen (secondary N) is 1. The highest BCUT2D eigenvalue weighted by molar-refractivity contribution is 5.94. The van der Waals surface area contributed by atoms with Crippen molar-refractivity contribution in [2.45, 2.75) is 19.9 Å². The molecule has 3 rings (SSSR count). The number of amides is 1. The molecule has 5 nitrogen and oxygen atoms in total. The molecule has 2 heterocycles. The van der Waals surface area contributed by atoms with Crippen LogP contribution in [0.5, 0.6) is 5.75 Å². The molecule has 0 fully saturated rings. The largest absolute Gasteiger partial charge is 0.506 e. The first-order chi connectivity index (χ1) is 12.0. The van der Waals surface area contributed by atoms with Gasteiger partial charge in [0.1, 0.15) is 5.75 Å². The summed E-state index contributed by atoms with van der Waals surface area (Å²) in [4.78, 5) is 20.6. The van der Waals surface area contributed by atoms with Crippen LogP contribution in [0.4, 0.5) is 0 Å². The molecule has 0 aliphatic carbocycles. The summed E-state index contributed by atoms with van der Waals surface area (Å²) in [6, 6.07) is 11.0. The first-order valence-corrected chi connectivity index (χ1v) is 7.96. The van der Waals surface area contributed by atoms with Crippen molar-refractivity contribution in [1.82, 2.24) is 15.3 Å². The molecular weight excluding hydrogens is 314 g/mol. The van der Waals surface area contributed by atoms with Crippen molar-refractivity contribution in [3.05, 3.63) is 89.0 Å². The van der Waals surface area contributed by atoms with Crippen LogP contribution >= 0.6 is 0 Å². The van der Waals surface area contributed by atoms with Gasteiger partial charge in [0.2, 0.25) is 0 Å². The maximum Gasteiger partial charge on any atom is 0.253 e. The Bertz CT molecular complexity index is 894. The molecule has 2 N–H and O–H groups in total. The molecule has 1 aromatic carbocycles. The fraction of sp³-hybridized carbons (Fsp3) is 0.150. The summed E-state index contributed by atoms with van der Waals surface area (Å²) in [5.74, 6) is -0.342. The van der Waals surface area contributed by atoms with Crippen LogP contribution in [0, 0.1) is 13.8 Å². The summed E-state index contributed by atoms with van der Waals surface area (Å²) >= 11 is 0. The SMILES string of the molecule is Cc1ccc(C)c(C(NC(=O)c2cncc(O)c2)c2ccncc2)c1. The molecule has 2 aromatic heterocycles. The third-order valence-electron chi connectivity index (χ3n) is 4.05. The lowest BCUT2D eigenvalue weighted by Gasteiger charge is -2.22. The van der Waals surface area contributed by atoms with Crippen molar-refractivity contribution in [3.8, 4) is 5.75 Å². The smallest absolute Gasteiger partial charge is 0.253 e. The van der Waals surface area contributed by atoms with E-state index in [4.69, 9.17) is 0 Å². The van der Waals surface area contributed by atoms with Gasteiger partial charge in [0.15, 0.2) is 0 Å². The van der Waals surface area contributed by atoms with Crippen molar-refractivity contribution in [1.29, 1.82) is 0 Å². The van der Waals surface area contributed by atoms with Gasteiger partial charge >= 0.3 is 0 Å². The molecule has 0 saturated heterocycles. The average molecular weight is 333 g/mol. The topological polar surface area (TPSA) is 75.1 Å². The monoisotopic (exact) mass is 333 g/mol. The van der Waals surface area contributed by atoms with Gasteiger partial charge in [-0.1, -0.05) is 23.8 Å². The quantitative estimate of drug-likeness (QED) is 0.768. The Labute approximate surface area is 146 Å². The molecule has 0 aliphatic heterocycles. The Hall–Kier alpha value is -3.21. The average Bonchev–Trinajstić information content (AvgIpc) is 2.62. The van der Waals surface area contributed by atoms with E-state index in [1.165, 1.54) is 18.5 Å². The number of benzene rings is 1. The number of aryl methyl sites for hydroxylation is 2.